The third kappa shape index (κ3) is 2.00. The number of anilines is 1. The van der Waals surface area contributed by atoms with Crippen LogP contribution in [0.15, 0.2) is 39.6 Å². The van der Waals surface area contributed by atoms with Gasteiger partial charge in [0.1, 0.15) is 17.3 Å². The zero-order valence-corrected chi connectivity index (χ0v) is 10.6. The first-order valence-corrected chi connectivity index (χ1v) is 5.87. The first-order chi connectivity index (χ1) is 8.72. The number of amides is 1. The van der Waals surface area contributed by atoms with Crippen LogP contribution in [0.3, 0.4) is 0 Å². The lowest BCUT2D eigenvalue weighted by Gasteiger charge is -2.02. The van der Waals surface area contributed by atoms with Gasteiger partial charge in [-0.05, 0) is 34.1 Å². The van der Waals surface area contributed by atoms with Crippen LogP contribution < -0.4 is 5.32 Å². The van der Waals surface area contributed by atoms with E-state index in [2.05, 4.69) is 36.7 Å². The van der Waals surface area contributed by atoms with E-state index in [1.807, 2.05) is 0 Å². The number of fused-ring (bicyclic) bond motifs is 1. The Balaban J connectivity index is 1.85. The summed E-state index contributed by atoms with van der Waals surface area (Å²) in [6, 6.07) is 6.88. The van der Waals surface area contributed by atoms with Gasteiger partial charge in [0, 0.05) is 11.8 Å². The van der Waals surface area contributed by atoms with E-state index in [4.69, 9.17) is 4.42 Å². The molecule has 0 radical (unpaired) electrons. The number of aromatic amines is 1. The molecule has 0 spiro atoms. The zero-order valence-electron chi connectivity index (χ0n) is 8.98. The van der Waals surface area contributed by atoms with Crippen LogP contribution in [0, 0.1) is 0 Å². The highest BCUT2D eigenvalue weighted by Gasteiger charge is 2.10. The van der Waals surface area contributed by atoms with Gasteiger partial charge in [0.15, 0.2) is 4.67 Å². The van der Waals surface area contributed by atoms with E-state index in [-0.39, 0.29) is 5.91 Å². The normalized spacial score (nSPS) is 10.7. The third-order valence-electron chi connectivity index (χ3n) is 2.40. The van der Waals surface area contributed by atoms with Gasteiger partial charge in [-0.15, -0.1) is 0 Å². The number of hydrogen-bond acceptors (Lipinski definition) is 4. The largest absolute Gasteiger partial charge is 0.457 e. The Bertz CT molecular complexity index is 718. The van der Waals surface area contributed by atoms with Crippen LogP contribution in [0.2, 0.25) is 0 Å². The molecule has 2 N–H and O–H groups in total. The van der Waals surface area contributed by atoms with Crippen molar-refractivity contribution in [3.05, 3.63) is 40.8 Å². The van der Waals surface area contributed by atoms with E-state index >= 15 is 0 Å². The predicted octanol–water partition coefficient (Wildman–Crippen LogP) is 2.57. The average Bonchev–Trinajstić information content (AvgIpc) is 2.96. The van der Waals surface area contributed by atoms with Crippen molar-refractivity contribution in [1.29, 1.82) is 0 Å². The molecule has 2 aromatic heterocycles. The summed E-state index contributed by atoms with van der Waals surface area (Å²) in [5.41, 5.74) is 2.54. The number of furan rings is 1. The third-order valence-corrected chi connectivity index (χ3v) is 2.82. The molecule has 18 heavy (non-hydrogen) atoms. The Morgan fingerprint density at radius 3 is 2.89 bits per heavy atom. The molecule has 0 bridgehead atoms. The highest BCUT2D eigenvalue weighted by atomic mass is 79.9. The molecule has 90 valence electrons. The zero-order chi connectivity index (χ0) is 12.5. The summed E-state index contributed by atoms with van der Waals surface area (Å²) in [7, 11) is 0. The molecule has 0 fully saturated rings. The highest BCUT2D eigenvalue weighted by molar-refractivity contribution is 9.10. The summed E-state index contributed by atoms with van der Waals surface area (Å²) in [5, 5.41) is 13.2. The fourth-order valence-electron chi connectivity index (χ4n) is 1.55. The number of aromatic nitrogens is 3. The van der Waals surface area contributed by atoms with E-state index in [0.717, 1.165) is 5.52 Å². The van der Waals surface area contributed by atoms with Crippen LogP contribution in [0.1, 0.15) is 10.4 Å². The number of rotatable bonds is 2. The number of nitrogens with one attached hydrogen (secondary N) is 2. The lowest BCUT2D eigenvalue weighted by atomic mass is 10.2. The summed E-state index contributed by atoms with van der Waals surface area (Å²) in [6.45, 7) is 0. The van der Waals surface area contributed by atoms with E-state index in [1.54, 1.807) is 24.3 Å². The quantitative estimate of drug-likeness (QED) is 0.762. The number of nitrogens with zero attached hydrogens (tertiary/aromatic N) is 2. The van der Waals surface area contributed by atoms with Gasteiger partial charge in [0.05, 0.1) is 5.56 Å². The van der Waals surface area contributed by atoms with Crippen LogP contribution in [-0.4, -0.2) is 21.3 Å². The molecule has 3 rings (SSSR count). The van der Waals surface area contributed by atoms with Gasteiger partial charge in [0.25, 0.3) is 5.91 Å². The number of hydrogen-bond donors (Lipinski definition) is 2. The average molecular weight is 307 g/mol. The summed E-state index contributed by atoms with van der Waals surface area (Å²) in [6.07, 6.45) is 1.38. The molecule has 0 aliphatic carbocycles. The maximum Gasteiger partial charge on any atom is 0.258 e. The molecule has 0 aliphatic heterocycles. The van der Waals surface area contributed by atoms with Gasteiger partial charge in [-0.2, -0.15) is 15.4 Å². The Kier molecular flexibility index (Phi) is 2.60. The topological polar surface area (TPSA) is 83.8 Å². The first-order valence-electron chi connectivity index (χ1n) is 5.08. The summed E-state index contributed by atoms with van der Waals surface area (Å²) in [4.78, 5) is 11.9. The van der Waals surface area contributed by atoms with Gasteiger partial charge < -0.3 is 9.73 Å². The predicted molar refractivity (Wildman–Crippen MR) is 68.2 cm³/mol. The van der Waals surface area contributed by atoms with E-state index in [0.29, 0.717) is 21.4 Å². The SMILES string of the molecule is O=C(Nc1ccc2n[nH]nc2c1)c1coc(Br)c1. The second-order valence-electron chi connectivity index (χ2n) is 3.62. The monoisotopic (exact) mass is 306 g/mol. The Morgan fingerprint density at radius 2 is 2.11 bits per heavy atom. The van der Waals surface area contributed by atoms with E-state index in [9.17, 15) is 4.79 Å². The van der Waals surface area contributed by atoms with Crippen molar-refractivity contribution in [3.63, 3.8) is 0 Å². The second kappa shape index (κ2) is 4.26. The maximum absolute atomic E-state index is 11.9. The molecule has 0 saturated carbocycles. The van der Waals surface area contributed by atoms with Crippen molar-refractivity contribution in [3.8, 4) is 0 Å². The summed E-state index contributed by atoms with van der Waals surface area (Å²) < 4.78 is 5.52. The Labute approximate surface area is 109 Å². The number of carbonyl (C=O) groups is 1. The Morgan fingerprint density at radius 1 is 1.28 bits per heavy atom. The van der Waals surface area contributed by atoms with Crippen LogP contribution in [0.25, 0.3) is 11.0 Å². The first kappa shape index (κ1) is 11.0. The van der Waals surface area contributed by atoms with Crippen molar-refractivity contribution in [2.75, 3.05) is 5.32 Å². The van der Waals surface area contributed by atoms with Gasteiger partial charge in [-0.3, -0.25) is 4.79 Å². The molecule has 0 saturated heterocycles. The van der Waals surface area contributed by atoms with Crippen molar-refractivity contribution in [2.45, 2.75) is 0 Å². The standard InChI is InChI=1S/C11H7BrN4O2/c12-10-3-6(5-18-10)11(17)13-7-1-2-8-9(4-7)15-16-14-8/h1-5H,(H,13,17)(H,14,15,16). The molecule has 3 aromatic rings. The number of carbonyl (C=O) groups excluding carboxylic acids is 1. The lowest BCUT2D eigenvalue weighted by Crippen LogP contribution is -2.10. The van der Waals surface area contributed by atoms with Crippen LogP contribution in [-0.2, 0) is 0 Å². The van der Waals surface area contributed by atoms with E-state index < -0.39 is 0 Å². The number of benzene rings is 1. The molecule has 1 aromatic carbocycles. The smallest absolute Gasteiger partial charge is 0.258 e. The van der Waals surface area contributed by atoms with Crippen molar-refractivity contribution in [2.24, 2.45) is 0 Å². The van der Waals surface area contributed by atoms with Crippen LogP contribution >= 0.6 is 15.9 Å². The number of halogens is 1. The van der Waals surface area contributed by atoms with E-state index in [1.165, 1.54) is 6.26 Å². The fourth-order valence-corrected chi connectivity index (χ4v) is 1.89. The Hall–Kier alpha value is -2.15. The molecule has 7 heteroatoms. The number of H-pyrrole nitrogens is 1. The molecule has 1 amide bonds. The minimum Gasteiger partial charge on any atom is -0.457 e. The highest BCUT2D eigenvalue weighted by Crippen LogP contribution is 2.18. The summed E-state index contributed by atoms with van der Waals surface area (Å²) in [5.74, 6) is -0.243. The van der Waals surface area contributed by atoms with Crippen LogP contribution in [0.4, 0.5) is 5.69 Å². The minimum atomic E-state index is -0.243. The summed E-state index contributed by atoms with van der Waals surface area (Å²) >= 11 is 3.14. The molecule has 0 atom stereocenters. The molecular weight excluding hydrogens is 300 g/mol. The van der Waals surface area contributed by atoms with Crippen molar-refractivity contribution < 1.29 is 9.21 Å². The van der Waals surface area contributed by atoms with Gasteiger partial charge in [-0.1, -0.05) is 0 Å². The van der Waals surface area contributed by atoms with Crippen molar-refractivity contribution in [1.82, 2.24) is 15.4 Å². The molecule has 2 heterocycles. The van der Waals surface area contributed by atoms with Crippen molar-refractivity contribution >= 4 is 38.6 Å². The molecule has 6 nitrogen and oxygen atoms in total. The fraction of sp³-hybridized carbons (Fsp3) is 0. The molecule has 0 unspecified atom stereocenters. The maximum atomic E-state index is 11.9. The lowest BCUT2D eigenvalue weighted by molar-refractivity contribution is 0.102. The molecular formula is C11H7BrN4O2. The van der Waals surface area contributed by atoms with Gasteiger partial charge in [-0.25, -0.2) is 0 Å². The van der Waals surface area contributed by atoms with Gasteiger partial charge >= 0.3 is 0 Å². The van der Waals surface area contributed by atoms with Crippen LogP contribution in [0.5, 0.6) is 0 Å². The second-order valence-corrected chi connectivity index (χ2v) is 4.40. The molecule has 0 aliphatic rings. The minimum absolute atomic E-state index is 0.243. The van der Waals surface area contributed by atoms with Gasteiger partial charge in [0.2, 0.25) is 0 Å².